The zero-order chi connectivity index (χ0) is 18.4. The van der Waals surface area contributed by atoms with Gasteiger partial charge in [0, 0.05) is 37.9 Å². The van der Waals surface area contributed by atoms with E-state index in [1.54, 1.807) is 6.07 Å². The van der Waals surface area contributed by atoms with E-state index in [1.807, 2.05) is 36.1 Å². The molecule has 0 bridgehead atoms. The van der Waals surface area contributed by atoms with Crippen LogP contribution in [0, 0.1) is 0 Å². The van der Waals surface area contributed by atoms with Crippen molar-refractivity contribution in [2.45, 2.75) is 13.8 Å². The number of rotatable bonds is 6. The number of nitrogens with zero attached hydrogens (tertiary/aromatic N) is 4. The summed E-state index contributed by atoms with van der Waals surface area (Å²) >= 11 is 0. The number of hydrogen-bond acceptors (Lipinski definition) is 6. The van der Waals surface area contributed by atoms with Crippen molar-refractivity contribution in [3.8, 4) is 5.75 Å². The molecule has 0 aliphatic carbocycles. The second kappa shape index (κ2) is 8.62. The lowest BCUT2D eigenvalue weighted by molar-refractivity contribution is 0.0637. The number of likely N-dealkylation sites (N-methyl/N-ethyl adjacent to an activating group) is 1. The maximum absolute atomic E-state index is 12.7. The van der Waals surface area contributed by atoms with Gasteiger partial charge in [-0.05, 0) is 37.7 Å². The fourth-order valence-corrected chi connectivity index (χ4v) is 2.92. The van der Waals surface area contributed by atoms with E-state index >= 15 is 0 Å². The SMILES string of the molecule is CCOc1ccc(Nc2cc(C(=O)N3CCN(CC)CC3)ncn2)cc1. The Labute approximate surface area is 154 Å². The van der Waals surface area contributed by atoms with Crippen molar-refractivity contribution < 1.29 is 9.53 Å². The Kier molecular flexibility index (Phi) is 6.01. The molecule has 7 heteroatoms. The number of anilines is 2. The van der Waals surface area contributed by atoms with E-state index in [1.165, 1.54) is 6.33 Å². The van der Waals surface area contributed by atoms with Gasteiger partial charge in [-0.3, -0.25) is 4.79 Å². The van der Waals surface area contributed by atoms with Crippen molar-refractivity contribution in [3.63, 3.8) is 0 Å². The summed E-state index contributed by atoms with van der Waals surface area (Å²) in [4.78, 5) is 25.3. The lowest BCUT2D eigenvalue weighted by Gasteiger charge is -2.33. The predicted octanol–water partition coefficient (Wildman–Crippen LogP) is 2.40. The molecule has 2 heterocycles. The van der Waals surface area contributed by atoms with Gasteiger partial charge in [-0.2, -0.15) is 0 Å². The van der Waals surface area contributed by atoms with Crippen molar-refractivity contribution >= 4 is 17.4 Å². The molecule has 1 aliphatic rings. The first-order valence-electron chi connectivity index (χ1n) is 9.03. The number of nitrogens with one attached hydrogen (secondary N) is 1. The molecule has 1 saturated heterocycles. The van der Waals surface area contributed by atoms with Crippen LogP contribution in [0.1, 0.15) is 24.3 Å². The summed E-state index contributed by atoms with van der Waals surface area (Å²) in [5.74, 6) is 1.38. The zero-order valence-corrected chi connectivity index (χ0v) is 15.3. The Balaban J connectivity index is 1.65. The first-order chi connectivity index (χ1) is 12.7. The molecule has 1 aromatic heterocycles. The molecule has 1 fully saturated rings. The van der Waals surface area contributed by atoms with Crippen molar-refractivity contribution in [1.29, 1.82) is 0 Å². The van der Waals surface area contributed by atoms with Gasteiger partial charge in [-0.15, -0.1) is 0 Å². The molecular weight excluding hydrogens is 330 g/mol. The minimum atomic E-state index is -0.0436. The lowest BCUT2D eigenvalue weighted by atomic mass is 10.2. The van der Waals surface area contributed by atoms with Gasteiger partial charge in [0.2, 0.25) is 0 Å². The van der Waals surface area contributed by atoms with E-state index in [4.69, 9.17) is 4.74 Å². The first kappa shape index (κ1) is 18.1. The number of hydrogen-bond donors (Lipinski definition) is 1. The van der Waals surface area contributed by atoms with Crippen LogP contribution in [0.5, 0.6) is 5.75 Å². The molecule has 1 aromatic carbocycles. The average Bonchev–Trinajstić information content (AvgIpc) is 2.69. The summed E-state index contributed by atoms with van der Waals surface area (Å²) in [6, 6.07) is 9.32. The van der Waals surface area contributed by atoms with Crippen molar-refractivity contribution in [2.24, 2.45) is 0 Å². The number of amides is 1. The maximum Gasteiger partial charge on any atom is 0.272 e. The summed E-state index contributed by atoms with van der Waals surface area (Å²) in [6.45, 7) is 9.03. The molecule has 3 rings (SSSR count). The van der Waals surface area contributed by atoms with Gasteiger partial charge in [0.15, 0.2) is 0 Å². The lowest BCUT2D eigenvalue weighted by Crippen LogP contribution is -2.48. The molecule has 0 unspecified atom stereocenters. The van der Waals surface area contributed by atoms with Crippen LogP contribution >= 0.6 is 0 Å². The monoisotopic (exact) mass is 355 g/mol. The first-order valence-corrected chi connectivity index (χ1v) is 9.03. The van der Waals surface area contributed by atoms with Crippen LogP contribution < -0.4 is 10.1 Å². The third-order valence-corrected chi connectivity index (χ3v) is 4.43. The Morgan fingerprint density at radius 1 is 1.12 bits per heavy atom. The fraction of sp³-hybridized carbons (Fsp3) is 0.421. The van der Waals surface area contributed by atoms with Crippen LogP contribution in [0.25, 0.3) is 0 Å². The molecule has 1 aliphatic heterocycles. The van der Waals surface area contributed by atoms with Crippen LogP contribution in [0.4, 0.5) is 11.5 Å². The summed E-state index contributed by atoms with van der Waals surface area (Å²) in [5, 5.41) is 3.20. The topological polar surface area (TPSA) is 70.6 Å². The van der Waals surface area contributed by atoms with Crippen molar-refractivity contribution in [1.82, 2.24) is 19.8 Å². The fourth-order valence-electron chi connectivity index (χ4n) is 2.92. The quantitative estimate of drug-likeness (QED) is 0.858. The molecule has 0 radical (unpaired) electrons. The van der Waals surface area contributed by atoms with Gasteiger partial charge >= 0.3 is 0 Å². The van der Waals surface area contributed by atoms with E-state index in [-0.39, 0.29) is 5.91 Å². The summed E-state index contributed by atoms with van der Waals surface area (Å²) in [7, 11) is 0. The highest BCUT2D eigenvalue weighted by atomic mass is 16.5. The van der Waals surface area contributed by atoms with Crippen LogP contribution in [0.15, 0.2) is 36.7 Å². The van der Waals surface area contributed by atoms with Crippen molar-refractivity contribution in [2.75, 3.05) is 44.6 Å². The molecule has 7 nitrogen and oxygen atoms in total. The number of benzene rings is 1. The molecule has 2 aromatic rings. The van der Waals surface area contributed by atoms with Crippen molar-refractivity contribution in [3.05, 3.63) is 42.4 Å². The van der Waals surface area contributed by atoms with E-state index in [0.717, 1.165) is 44.2 Å². The van der Waals surface area contributed by atoms with E-state index in [0.29, 0.717) is 18.1 Å². The molecule has 1 amide bonds. The van der Waals surface area contributed by atoms with Crippen LogP contribution in [-0.4, -0.2) is 65.0 Å². The third-order valence-electron chi connectivity index (χ3n) is 4.43. The molecule has 26 heavy (non-hydrogen) atoms. The van der Waals surface area contributed by atoms with Gasteiger partial charge in [0.25, 0.3) is 5.91 Å². The van der Waals surface area contributed by atoms with E-state index < -0.39 is 0 Å². The molecule has 0 saturated carbocycles. The highest BCUT2D eigenvalue weighted by Crippen LogP contribution is 2.19. The van der Waals surface area contributed by atoms with Crippen LogP contribution in [0.3, 0.4) is 0 Å². The smallest absolute Gasteiger partial charge is 0.272 e. The molecule has 0 spiro atoms. The number of aromatic nitrogens is 2. The molecule has 0 atom stereocenters. The number of carbonyl (C=O) groups is 1. The maximum atomic E-state index is 12.7. The summed E-state index contributed by atoms with van der Waals surface area (Å²) in [5.41, 5.74) is 1.29. The number of ether oxygens (including phenoxy) is 1. The largest absolute Gasteiger partial charge is 0.494 e. The van der Waals surface area contributed by atoms with E-state index in [2.05, 4.69) is 27.1 Å². The highest BCUT2D eigenvalue weighted by Gasteiger charge is 2.22. The third kappa shape index (κ3) is 4.49. The normalized spacial score (nSPS) is 14.9. The minimum absolute atomic E-state index is 0.0436. The van der Waals surface area contributed by atoms with Gasteiger partial charge < -0.3 is 19.9 Å². The number of carbonyl (C=O) groups excluding carboxylic acids is 1. The van der Waals surface area contributed by atoms with Crippen LogP contribution in [0.2, 0.25) is 0 Å². The van der Waals surface area contributed by atoms with Gasteiger partial charge in [0.1, 0.15) is 23.6 Å². The predicted molar refractivity (Wildman–Crippen MR) is 101 cm³/mol. The zero-order valence-electron chi connectivity index (χ0n) is 15.3. The second-order valence-electron chi connectivity index (χ2n) is 6.10. The molecule has 1 N–H and O–H groups in total. The Morgan fingerprint density at radius 2 is 1.85 bits per heavy atom. The van der Waals surface area contributed by atoms with Crippen LogP contribution in [-0.2, 0) is 0 Å². The summed E-state index contributed by atoms with van der Waals surface area (Å²) < 4.78 is 5.44. The van der Waals surface area contributed by atoms with E-state index in [9.17, 15) is 4.79 Å². The average molecular weight is 355 g/mol. The Morgan fingerprint density at radius 3 is 2.50 bits per heavy atom. The molecular formula is C19H25N5O2. The second-order valence-corrected chi connectivity index (χ2v) is 6.10. The Bertz CT molecular complexity index is 727. The van der Waals surface area contributed by atoms with Gasteiger partial charge in [-0.25, -0.2) is 9.97 Å². The number of piperazine rings is 1. The van der Waals surface area contributed by atoms with Gasteiger partial charge in [-0.1, -0.05) is 6.92 Å². The molecule has 138 valence electrons. The minimum Gasteiger partial charge on any atom is -0.494 e. The standard InChI is InChI=1S/C19H25N5O2/c1-3-23-9-11-24(12-10-23)19(25)17-13-18(21-14-20-17)22-15-5-7-16(8-6-15)26-4-2/h5-8,13-14H,3-4,9-12H2,1-2H3,(H,20,21,22). The Hall–Kier alpha value is -2.67. The van der Waals surface area contributed by atoms with Gasteiger partial charge in [0.05, 0.1) is 6.61 Å². The highest BCUT2D eigenvalue weighted by molar-refractivity contribution is 5.93. The summed E-state index contributed by atoms with van der Waals surface area (Å²) in [6.07, 6.45) is 1.42.